The van der Waals surface area contributed by atoms with Crippen molar-refractivity contribution in [3.8, 4) is 0 Å². The van der Waals surface area contributed by atoms with Gasteiger partial charge in [-0.1, -0.05) is 0 Å². The number of pyridine rings is 1. The maximum Gasteiger partial charge on any atom is 0.235 e. The van der Waals surface area contributed by atoms with Crippen LogP contribution in [0.3, 0.4) is 0 Å². The highest BCUT2D eigenvalue weighted by molar-refractivity contribution is 9.10. The van der Waals surface area contributed by atoms with E-state index in [1.54, 1.807) is 12.1 Å². The van der Waals surface area contributed by atoms with Crippen LogP contribution in [0.15, 0.2) is 16.6 Å². The van der Waals surface area contributed by atoms with Gasteiger partial charge in [-0.05, 0) is 47.8 Å². The fourth-order valence-corrected chi connectivity index (χ4v) is 2.64. The molecule has 7 heteroatoms. The fourth-order valence-electron chi connectivity index (χ4n) is 1.50. The smallest absolute Gasteiger partial charge is 0.235 e. The zero-order chi connectivity index (χ0) is 13.2. The van der Waals surface area contributed by atoms with Crippen LogP contribution in [0.4, 0.5) is 5.82 Å². The van der Waals surface area contributed by atoms with E-state index in [2.05, 4.69) is 31.0 Å². The highest BCUT2D eigenvalue weighted by Gasteiger charge is 2.21. The topological polar surface area (TPSA) is 71.1 Å². The molecule has 2 N–H and O–H groups in total. The molecule has 0 aromatic carbocycles. The summed E-state index contributed by atoms with van der Waals surface area (Å²) in [5, 5.41) is 3.17. The Kier molecular flexibility index (Phi) is 4.24. The van der Waals surface area contributed by atoms with Crippen LogP contribution in [0.1, 0.15) is 18.5 Å². The molecule has 0 amide bonds. The molecule has 18 heavy (non-hydrogen) atoms. The SMILES string of the molecule is Cc1nc(NS(=O)(=O)CCNC2CC2)ccc1Br. The Labute approximate surface area is 116 Å². The Morgan fingerprint density at radius 1 is 1.44 bits per heavy atom. The first-order valence-corrected chi connectivity index (χ1v) is 8.28. The summed E-state index contributed by atoms with van der Waals surface area (Å²) in [6.45, 7) is 2.30. The van der Waals surface area contributed by atoms with Gasteiger partial charge >= 0.3 is 0 Å². The first-order chi connectivity index (χ1) is 8.46. The molecule has 0 radical (unpaired) electrons. The number of aromatic nitrogens is 1. The highest BCUT2D eigenvalue weighted by Crippen LogP contribution is 2.18. The molecule has 100 valence electrons. The Balaban J connectivity index is 1.91. The summed E-state index contributed by atoms with van der Waals surface area (Å²) >= 11 is 3.32. The highest BCUT2D eigenvalue weighted by atomic mass is 79.9. The van der Waals surface area contributed by atoms with Crippen molar-refractivity contribution in [1.29, 1.82) is 0 Å². The second-order valence-electron chi connectivity index (χ2n) is 4.41. The zero-order valence-corrected chi connectivity index (χ0v) is 12.5. The van der Waals surface area contributed by atoms with Gasteiger partial charge in [0.15, 0.2) is 0 Å². The van der Waals surface area contributed by atoms with E-state index in [9.17, 15) is 8.42 Å². The fraction of sp³-hybridized carbons (Fsp3) is 0.545. The maximum absolute atomic E-state index is 11.8. The lowest BCUT2D eigenvalue weighted by atomic mass is 10.4. The summed E-state index contributed by atoms with van der Waals surface area (Å²) in [7, 11) is -3.32. The lowest BCUT2D eigenvalue weighted by molar-refractivity contribution is 0.595. The predicted octanol–water partition coefficient (Wildman–Crippen LogP) is 1.65. The van der Waals surface area contributed by atoms with E-state index in [4.69, 9.17) is 0 Å². The molecule has 1 aromatic heterocycles. The minimum Gasteiger partial charge on any atom is -0.313 e. The number of halogens is 1. The molecule has 0 unspecified atom stereocenters. The molecule has 1 aliphatic rings. The van der Waals surface area contributed by atoms with Crippen molar-refractivity contribution in [2.24, 2.45) is 0 Å². The van der Waals surface area contributed by atoms with Gasteiger partial charge in [0, 0.05) is 17.1 Å². The summed E-state index contributed by atoms with van der Waals surface area (Å²) in [5.41, 5.74) is 0.756. The molecule has 5 nitrogen and oxygen atoms in total. The number of sulfonamides is 1. The normalized spacial score (nSPS) is 15.7. The van der Waals surface area contributed by atoms with Crippen LogP contribution in [0.25, 0.3) is 0 Å². The van der Waals surface area contributed by atoms with Crippen molar-refractivity contribution in [2.45, 2.75) is 25.8 Å². The maximum atomic E-state index is 11.8. The van der Waals surface area contributed by atoms with E-state index in [0.717, 1.165) is 23.0 Å². The number of nitrogens with one attached hydrogen (secondary N) is 2. The van der Waals surface area contributed by atoms with Gasteiger partial charge in [0.25, 0.3) is 0 Å². The number of nitrogens with zero attached hydrogens (tertiary/aromatic N) is 1. The molecular weight excluding hydrogens is 318 g/mol. The third kappa shape index (κ3) is 4.22. The minimum absolute atomic E-state index is 0.0697. The van der Waals surface area contributed by atoms with Crippen molar-refractivity contribution >= 4 is 31.8 Å². The Morgan fingerprint density at radius 3 is 2.78 bits per heavy atom. The van der Waals surface area contributed by atoms with Gasteiger partial charge in [-0.25, -0.2) is 13.4 Å². The quantitative estimate of drug-likeness (QED) is 0.830. The molecule has 0 spiro atoms. The molecule has 0 saturated heterocycles. The third-order valence-electron chi connectivity index (χ3n) is 2.66. The monoisotopic (exact) mass is 333 g/mol. The molecule has 2 rings (SSSR count). The van der Waals surface area contributed by atoms with Crippen molar-refractivity contribution in [2.75, 3.05) is 17.0 Å². The van der Waals surface area contributed by atoms with Gasteiger partial charge in [-0.15, -0.1) is 0 Å². The first-order valence-electron chi connectivity index (χ1n) is 5.83. The molecule has 0 aliphatic heterocycles. The lowest BCUT2D eigenvalue weighted by Gasteiger charge is -2.08. The summed E-state index contributed by atoms with van der Waals surface area (Å²) in [6.07, 6.45) is 2.31. The molecular formula is C11H16BrN3O2S. The van der Waals surface area contributed by atoms with Crippen LogP contribution in [-0.2, 0) is 10.0 Å². The zero-order valence-electron chi connectivity index (χ0n) is 10.1. The summed E-state index contributed by atoms with van der Waals surface area (Å²) in [6, 6.07) is 3.94. The number of hydrogen-bond donors (Lipinski definition) is 2. The Morgan fingerprint density at radius 2 is 2.17 bits per heavy atom. The molecule has 1 heterocycles. The summed E-state index contributed by atoms with van der Waals surface area (Å²) < 4.78 is 26.9. The minimum atomic E-state index is -3.32. The molecule has 1 aromatic rings. The van der Waals surface area contributed by atoms with Crippen LogP contribution in [-0.4, -0.2) is 31.7 Å². The van der Waals surface area contributed by atoms with E-state index < -0.39 is 10.0 Å². The number of hydrogen-bond acceptors (Lipinski definition) is 4. The van der Waals surface area contributed by atoms with Crippen LogP contribution in [0.5, 0.6) is 0 Å². The van der Waals surface area contributed by atoms with E-state index in [0.29, 0.717) is 18.4 Å². The Bertz CT molecular complexity index is 529. The molecule has 1 aliphatic carbocycles. The van der Waals surface area contributed by atoms with Crippen molar-refractivity contribution in [3.63, 3.8) is 0 Å². The number of rotatable bonds is 6. The van der Waals surface area contributed by atoms with E-state index in [-0.39, 0.29) is 5.75 Å². The summed E-state index contributed by atoms with van der Waals surface area (Å²) in [5.74, 6) is 0.433. The molecule has 1 saturated carbocycles. The Hall–Kier alpha value is -0.660. The largest absolute Gasteiger partial charge is 0.313 e. The van der Waals surface area contributed by atoms with Gasteiger partial charge in [-0.3, -0.25) is 4.72 Å². The van der Waals surface area contributed by atoms with Gasteiger partial charge in [-0.2, -0.15) is 0 Å². The van der Waals surface area contributed by atoms with Crippen molar-refractivity contribution in [3.05, 3.63) is 22.3 Å². The average molecular weight is 334 g/mol. The average Bonchev–Trinajstić information content (AvgIpc) is 3.07. The van der Waals surface area contributed by atoms with E-state index >= 15 is 0 Å². The van der Waals surface area contributed by atoms with Gasteiger partial charge in [0.2, 0.25) is 10.0 Å². The lowest BCUT2D eigenvalue weighted by Crippen LogP contribution is -2.28. The predicted molar refractivity (Wildman–Crippen MR) is 75.1 cm³/mol. The van der Waals surface area contributed by atoms with Crippen LogP contribution < -0.4 is 10.0 Å². The number of aryl methyl sites for hydroxylation is 1. The van der Waals surface area contributed by atoms with Gasteiger partial charge < -0.3 is 5.32 Å². The first kappa shape index (κ1) is 13.8. The summed E-state index contributed by atoms with van der Waals surface area (Å²) in [4.78, 5) is 4.16. The van der Waals surface area contributed by atoms with Gasteiger partial charge in [0.05, 0.1) is 11.4 Å². The molecule has 0 bridgehead atoms. The second-order valence-corrected chi connectivity index (χ2v) is 7.11. The third-order valence-corrected chi connectivity index (χ3v) is 4.76. The van der Waals surface area contributed by atoms with E-state index in [1.807, 2.05) is 6.92 Å². The van der Waals surface area contributed by atoms with Gasteiger partial charge in [0.1, 0.15) is 5.82 Å². The van der Waals surface area contributed by atoms with Crippen LogP contribution >= 0.6 is 15.9 Å². The molecule has 0 atom stereocenters. The van der Waals surface area contributed by atoms with Crippen LogP contribution in [0.2, 0.25) is 0 Å². The number of anilines is 1. The molecule has 1 fully saturated rings. The van der Waals surface area contributed by atoms with Crippen molar-refractivity contribution in [1.82, 2.24) is 10.3 Å². The standard InChI is InChI=1S/C11H16BrN3O2S/c1-8-10(12)4-5-11(14-8)15-18(16,17)7-6-13-9-2-3-9/h4-5,9,13H,2-3,6-7H2,1H3,(H,14,15). The van der Waals surface area contributed by atoms with E-state index in [1.165, 1.54) is 0 Å². The van der Waals surface area contributed by atoms with Crippen molar-refractivity contribution < 1.29 is 8.42 Å². The van der Waals surface area contributed by atoms with Crippen LogP contribution in [0, 0.1) is 6.92 Å². The second kappa shape index (κ2) is 5.54.